The van der Waals surface area contributed by atoms with Crippen LogP contribution in [0, 0.1) is 0 Å². The molecule has 0 aromatic rings. The van der Waals surface area contributed by atoms with Gasteiger partial charge in [0, 0.05) is 5.75 Å². The van der Waals surface area contributed by atoms with Gasteiger partial charge in [-0.2, -0.15) is 0 Å². The lowest BCUT2D eigenvalue weighted by molar-refractivity contribution is -0.137. The van der Waals surface area contributed by atoms with Crippen molar-refractivity contribution in [3.8, 4) is 0 Å². The standard InChI is InChI=1S/C6H10O4S/c1-4(6(9)10)11-3-2-5(7)8/h4H,2-3H2,1H3,(H,7,8)(H,9,10)/t4-/m1/s1. The van der Waals surface area contributed by atoms with Gasteiger partial charge in [0.15, 0.2) is 0 Å². The third-order valence-electron chi connectivity index (χ3n) is 1.03. The van der Waals surface area contributed by atoms with Crippen molar-refractivity contribution in [2.24, 2.45) is 0 Å². The second-order valence-electron chi connectivity index (χ2n) is 1.99. The van der Waals surface area contributed by atoms with Gasteiger partial charge in [-0.15, -0.1) is 11.8 Å². The van der Waals surface area contributed by atoms with Crippen molar-refractivity contribution in [2.75, 3.05) is 5.75 Å². The molecular formula is C6H10O4S. The maximum absolute atomic E-state index is 10.2. The summed E-state index contributed by atoms with van der Waals surface area (Å²) in [5, 5.41) is 16.1. The molecule has 0 saturated heterocycles. The average Bonchev–Trinajstić information content (AvgIpc) is 1.86. The molecular weight excluding hydrogens is 168 g/mol. The van der Waals surface area contributed by atoms with Crippen LogP contribution in [0.15, 0.2) is 0 Å². The summed E-state index contributed by atoms with van der Waals surface area (Å²) in [5.41, 5.74) is 0. The van der Waals surface area contributed by atoms with E-state index in [0.29, 0.717) is 5.75 Å². The van der Waals surface area contributed by atoms with E-state index < -0.39 is 17.2 Å². The molecule has 0 aliphatic carbocycles. The molecule has 0 aromatic heterocycles. The summed E-state index contributed by atoms with van der Waals surface area (Å²) in [6.07, 6.45) is 0.0162. The Hall–Kier alpha value is -0.710. The van der Waals surface area contributed by atoms with Crippen molar-refractivity contribution in [1.29, 1.82) is 0 Å². The van der Waals surface area contributed by atoms with Gasteiger partial charge < -0.3 is 10.2 Å². The molecule has 0 rings (SSSR count). The fraction of sp³-hybridized carbons (Fsp3) is 0.667. The Labute approximate surface area is 68.6 Å². The number of aliphatic carboxylic acids is 2. The minimum Gasteiger partial charge on any atom is -0.481 e. The monoisotopic (exact) mass is 178 g/mol. The molecule has 0 spiro atoms. The number of hydrogen-bond acceptors (Lipinski definition) is 3. The fourth-order valence-electron chi connectivity index (χ4n) is 0.394. The van der Waals surface area contributed by atoms with E-state index in [-0.39, 0.29) is 6.42 Å². The van der Waals surface area contributed by atoms with Gasteiger partial charge in [-0.3, -0.25) is 9.59 Å². The third kappa shape index (κ3) is 5.72. The minimum atomic E-state index is -0.902. The fourth-order valence-corrected chi connectivity index (χ4v) is 1.18. The van der Waals surface area contributed by atoms with Crippen molar-refractivity contribution >= 4 is 23.7 Å². The van der Waals surface area contributed by atoms with Gasteiger partial charge in [0.25, 0.3) is 0 Å². The van der Waals surface area contributed by atoms with Gasteiger partial charge in [0.05, 0.1) is 11.7 Å². The molecule has 0 aliphatic rings. The Kier molecular flexibility index (Phi) is 4.69. The van der Waals surface area contributed by atoms with E-state index in [1.54, 1.807) is 0 Å². The van der Waals surface area contributed by atoms with Crippen LogP contribution in [0.1, 0.15) is 13.3 Å². The highest BCUT2D eigenvalue weighted by Gasteiger charge is 2.10. The largest absolute Gasteiger partial charge is 0.481 e. The van der Waals surface area contributed by atoms with Crippen molar-refractivity contribution in [3.63, 3.8) is 0 Å². The van der Waals surface area contributed by atoms with Crippen LogP contribution in [0.3, 0.4) is 0 Å². The van der Waals surface area contributed by atoms with Crippen LogP contribution >= 0.6 is 11.8 Å². The Morgan fingerprint density at radius 1 is 1.45 bits per heavy atom. The number of rotatable bonds is 5. The van der Waals surface area contributed by atoms with E-state index >= 15 is 0 Å². The zero-order valence-electron chi connectivity index (χ0n) is 6.11. The molecule has 11 heavy (non-hydrogen) atoms. The molecule has 1 atom stereocenters. The normalized spacial score (nSPS) is 12.5. The molecule has 0 saturated carbocycles. The Morgan fingerprint density at radius 3 is 2.36 bits per heavy atom. The SMILES string of the molecule is C[C@@H](SCCC(=O)O)C(=O)O. The quantitative estimate of drug-likeness (QED) is 0.647. The highest BCUT2D eigenvalue weighted by Crippen LogP contribution is 2.11. The number of hydrogen-bond donors (Lipinski definition) is 2. The minimum absolute atomic E-state index is 0.0162. The molecule has 0 amide bonds. The summed E-state index contributed by atoms with van der Waals surface area (Å²) < 4.78 is 0. The first-order chi connectivity index (χ1) is 5.04. The average molecular weight is 178 g/mol. The molecule has 0 bridgehead atoms. The lowest BCUT2D eigenvalue weighted by Crippen LogP contribution is -2.12. The number of carbonyl (C=O) groups is 2. The molecule has 0 unspecified atom stereocenters. The van der Waals surface area contributed by atoms with Crippen LogP contribution < -0.4 is 0 Å². The molecule has 64 valence electrons. The first-order valence-electron chi connectivity index (χ1n) is 3.10. The maximum atomic E-state index is 10.2. The van der Waals surface area contributed by atoms with Gasteiger partial charge in [-0.25, -0.2) is 0 Å². The van der Waals surface area contributed by atoms with Gasteiger partial charge >= 0.3 is 11.9 Å². The van der Waals surface area contributed by atoms with Crippen molar-refractivity contribution in [1.82, 2.24) is 0 Å². The summed E-state index contributed by atoms with van der Waals surface area (Å²) in [4.78, 5) is 20.2. The van der Waals surface area contributed by atoms with Crippen molar-refractivity contribution < 1.29 is 19.8 Å². The Balaban J connectivity index is 3.39. The van der Waals surface area contributed by atoms with E-state index in [1.165, 1.54) is 6.92 Å². The molecule has 0 aromatic carbocycles. The zero-order valence-corrected chi connectivity index (χ0v) is 6.93. The van der Waals surface area contributed by atoms with Crippen LogP contribution in [-0.2, 0) is 9.59 Å². The van der Waals surface area contributed by atoms with E-state index in [0.717, 1.165) is 11.8 Å². The predicted octanol–water partition coefficient (Wildman–Crippen LogP) is 0.667. The van der Waals surface area contributed by atoms with E-state index in [1.807, 2.05) is 0 Å². The van der Waals surface area contributed by atoms with E-state index in [4.69, 9.17) is 10.2 Å². The van der Waals surface area contributed by atoms with Crippen LogP contribution in [0.25, 0.3) is 0 Å². The summed E-state index contributed by atoms with van der Waals surface area (Å²) in [6, 6.07) is 0. The molecule has 0 fully saturated rings. The topological polar surface area (TPSA) is 74.6 Å². The Bertz CT molecular complexity index is 157. The summed E-state index contributed by atoms with van der Waals surface area (Å²) in [7, 11) is 0. The van der Waals surface area contributed by atoms with Crippen molar-refractivity contribution in [3.05, 3.63) is 0 Å². The lowest BCUT2D eigenvalue weighted by atomic mass is 10.5. The van der Waals surface area contributed by atoms with Gasteiger partial charge in [0.1, 0.15) is 0 Å². The summed E-state index contributed by atoms with van der Waals surface area (Å²) in [6.45, 7) is 1.54. The number of carboxylic acid groups (broad SMARTS) is 2. The molecule has 0 heterocycles. The first kappa shape index (κ1) is 10.3. The highest BCUT2D eigenvalue weighted by molar-refractivity contribution is 8.00. The molecule has 0 radical (unpaired) electrons. The highest BCUT2D eigenvalue weighted by atomic mass is 32.2. The third-order valence-corrected chi connectivity index (χ3v) is 2.17. The maximum Gasteiger partial charge on any atom is 0.316 e. The predicted molar refractivity (Wildman–Crippen MR) is 41.8 cm³/mol. The van der Waals surface area contributed by atoms with Crippen LogP contribution in [0.5, 0.6) is 0 Å². The lowest BCUT2D eigenvalue weighted by Gasteiger charge is -2.02. The van der Waals surface area contributed by atoms with Gasteiger partial charge in [0.2, 0.25) is 0 Å². The Morgan fingerprint density at radius 2 is 2.00 bits per heavy atom. The first-order valence-corrected chi connectivity index (χ1v) is 4.15. The van der Waals surface area contributed by atoms with Gasteiger partial charge in [-0.05, 0) is 6.92 Å². The second-order valence-corrected chi connectivity index (χ2v) is 3.44. The van der Waals surface area contributed by atoms with Crippen LogP contribution in [0.2, 0.25) is 0 Å². The van der Waals surface area contributed by atoms with Crippen LogP contribution in [-0.4, -0.2) is 33.2 Å². The van der Waals surface area contributed by atoms with Crippen molar-refractivity contribution in [2.45, 2.75) is 18.6 Å². The molecule has 5 heteroatoms. The molecule has 4 nitrogen and oxygen atoms in total. The van der Waals surface area contributed by atoms with E-state index in [2.05, 4.69) is 0 Å². The zero-order chi connectivity index (χ0) is 8.85. The molecule has 2 N–H and O–H groups in total. The summed E-state index contributed by atoms with van der Waals surface area (Å²) in [5.74, 6) is -1.45. The van der Waals surface area contributed by atoms with E-state index in [9.17, 15) is 9.59 Å². The number of thioether (sulfide) groups is 1. The summed E-state index contributed by atoms with van der Waals surface area (Å²) >= 11 is 1.13. The second kappa shape index (κ2) is 5.01. The number of carboxylic acids is 2. The smallest absolute Gasteiger partial charge is 0.316 e. The molecule has 0 aliphatic heterocycles. The van der Waals surface area contributed by atoms with Gasteiger partial charge in [-0.1, -0.05) is 0 Å². The van der Waals surface area contributed by atoms with Crippen LogP contribution in [0.4, 0.5) is 0 Å².